The third-order valence-corrected chi connectivity index (χ3v) is 5.79. The first-order valence-electron chi connectivity index (χ1n) is 7.31. The molecule has 1 amide bonds. The summed E-state index contributed by atoms with van der Waals surface area (Å²) in [5, 5.41) is 18.5. The van der Waals surface area contributed by atoms with E-state index in [2.05, 4.69) is 0 Å². The summed E-state index contributed by atoms with van der Waals surface area (Å²) >= 11 is 0. The van der Waals surface area contributed by atoms with Crippen LogP contribution in [0.4, 0.5) is 0 Å². The number of ether oxygens (including phenoxy) is 1. The molecule has 9 heteroatoms. The van der Waals surface area contributed by atoms with Gasteiger partial charge in [0.15, 0.2) is 0 Å². The van der Waals surface area contributed by atoms with Crippen molar-refractivity contribution in [3.05, 3.63) is 36.4 Å². The van der Waals surface area contributed by atoms with Crippen LogP contribution in [0.25, 0.3) is 0 Å². The number of hydroxylamine groups is 1. The van der Waals surface area contributed by atoms with E-state index in [1.807, 2.05) is 0 Å². The highest BCUT2D eigenvalue weighted by Crippen LogP contribution is 2.27. The van der Waals surface area contributed by atoms with Crippen LogP contribution in [0.3, 0.4) is 0 Å². The van der Waals surface area contributed by atoms with Gasteiger partial charge in [0.1, 0.15) is 11.8 Å². The standard InChI is InChI=1S/C15H20N2O6S/c1-23-12-5-7-13(8-6-12)24(21,22)17-9-3-2-4-11(10-18)14(17)15(19)16-20/h2-3,5-8,11,14,18,20H,4,9-10H2,1H3,(H,16,19). The van der Waals surface area contributed by atoms with Crippen LogP contribution in [0.1, 0.15) is 6.42 Å². The molecule has 1 heterocycles. The molecule has 3 N–H and O–H groups in total. The topological polar surface area (TPSA) is 116 Å². The molecule has 132 valence electrons. The van der Waals surface area contributed by atoms with Crippen molar-refractivity contribution in [3.63, 3.8) is 0 Å². The molecule has 0 fully saturated rings. The maximum Gasteiger partial charge on any atom is 0.262 e. The third kappa shape index (κ3) is 3.59. The fourth-order valence-electron chi connectivity index (χ4n) is 2.64. The molecule has 0 saturated carbocycles. The number of nitrogens with zero attached hydrogens (tertiary/aromatic N) is 1. The SMILES string of the molecule is COc1ccc(S(=O)(=O)N2CC=CCC(CO)C2C(=O)NO)cc1. The third-order valence-electron chi connectivity index (χ3n) is 3.93. The van der Waals surface area contributed by atoms with E-state index in [1.165, 1.54) is 36.9 Å². The summed E-state index contributed by atoms with van der Waals surface area (Å²) in [5.41, 5.74) is 1.49. The lowest BCUT2D eigenvalue weighted by atomic mass is 9.97. The van der Waals surface area contributed by atoms with Crippen LogP contribution in [0.5, 0.6) is 5.75 Å². The number of hydrogen-bond acceptors (Lipinski definition) is 6. The molecule has 2 atom stereocenters. The Morgan fingerprint density at radius 3 is 2.54 bits per heavy atom. The zero-order valence-corrected chi connectivity index (χ0v) is 13.9. The van der Waals surface area contributed by atoms with Gasteiger partial charge in [-0.05, 0) is 30.7 Å². The highest BCUT2D eigenvalue weighted by molar-refractivity contribution is 7.89. The number of carbonyl (C=O) groups excluding carboxylic acids is 1. The average Bonchev–Trinajstić information content (AvgIpc) is 2.83. The van der Waals surface area contributed by atoms with Crippen LogP contribution >= 0.6 is 0 Å². The number of aliphatic hydroxyl groups excluding tert-OH is 1. The van der Waals surface area contributed by atoms with Gasteiger partial charge in [-0.15, -0.1) is 0 Å². The van der Waals surface area contributed by atoms with Crippen LogP contribution in [-0.2, 0) is 14.8 Å². The lowest BCUT2D eigenvalue weighted by Crippen LogP contribution is -2.53. The second-order valence-electron chi connectivity index (χ2n) is 5.32. The quantitative estimate of drug-likeness (QED) is 0.392. The van der Waals surface area contributed by atoms with Crippen molar-refractivity contribution in [3.8, 4) is 5.75 Å². The molecule has 0 aromatic heterocycles. The zero-order chi connectivity index (χ0) is 17.7. The van der Waals surface area contributed by atoms with Crippen LogP contribution in [0.15, 0.2) is 41.3 Å². The van der Waals surface area contributed by atoms with Crippen molar-refractivity contribution in [1.82, 2.24) is 9.79 Å². The maximum absolute atomic E-state index is 12.9. The van der Waals surface area contributed by atoms with Crippen molar-refractivity contribution in [2.45, 2.75) is 17.4 Å². The van der Waals surface area contributed by atoms with E-state index in [1.54, 1.807) is 12.2 Å². The van der Waals surface area contributed by atoms with Gasteiger partial charge < -0.3 is 9.84 Å². The Bertz CT molecular complexity index is 701. The fourth-order valence-corrected chi connectivity index (χ4v) is 4.24. The Balaban J connectivity index is 2.46. The molecule has 2 rings (SSSR count). The number of amides is 1. The molecule has 2 unspecified atom stereocenters. The lowest BCUT2D eigenvalue weighted by molar-refractivity contribution is -0.135. The predicted octanol–water partition coefficient (Wildman–Crippen LogP) is 0.128. The summed E-state index contributed by atoms with van der Waals surface area (Å²) in [6.45, 7) is -0.431. The van der Waals surface area contributed by atoms with Crippen molar-refractivity contribution in [2.75, 3.05) is 20.3 Å². The van der Waals surface area contributed by atoms with E-state index in [0.29, 0.717) is 12.2 Å². The maximum atomic E-state index is 12.9. The number of sulfonamides is 1. The van der Waals surface area contributed by atoms with E-state index in [4.69, 9.17) is 9.94 Å². The minimum absolute atomic E-state index is 0.00831. The number of allylic oxidation sites excluding steroid dienone is 1. The normalized spacial score (nSPS) is 22.0. The molecular weight excluding hydrogens is 336 g/mol. The minimum atomic E-state index is -4.01. The van der Waals surface area contributed by atoms with Gasteiger partial charge in [0.25, 0.3) is 5.91 Å². The van der Waals surface area contributed by atoms with E-state index in [9.17, 15) is 18.3 Å². The Morgan fingerprint density at radius 2 is 2.00 bits per heavy atom. The van der Waals surface area contributed by atoms with Gasteiger partial charge in [0.05, 0.1) is 12.0 Å². The van der Waals surface area contributed by atoms with Crippen LogP contribution in [0.2, 0.25) is 0 Å². The molecule has 0 radical (unpaired) electrons. The average molecular weight is 356 g/mol. The van der Waals surface area contributed by atoms with Gasteiger partial charge in [0.2, 0.25) is 10.0 Å². The van der Waals surface area contributed by atoms with Gasteiger partial charge in [-0.2, -0.15) is 4.31 Å². The van der Waals surface area contributed by atoms with Crippen molar-refractivity contribution in [2.24, 2.45) is 5.92 Å². The molecule has 0 saturated heterocycles. The van der Waals surface area contributed by atoms with E-state index in [-0.39, 0.29) is 11.4 Å². The van der Waals surface area contributed by atoms with Gasteiger partial charge in [-0.3, -0.25) is 10.0 Å². The largest absolute Gasteiger partial charge is 0.497 e. The highest BCUT2D eigenvalue weighted by atomic mass is 32.2. The number of nitrogens with one attached hydrogen (secondary N) is 1. The van der Waals surface area contributed by atoms with E-state index in [0.717, 1.165) is 4.31 Å². The van der Waals surface area contributed by atoms with Crippen molar-refractivity contribution >= 4 is 15.9 Å². The van der Waals surface area contributed by atoms with Crippen LogP contribution in [-0.4, -0.2) is 55.2 Å². The summed E-state index contributed by atoms with van der Waals surface area (Å²) in [5.74, 6) is -1.04. The molecule has 0 aliphatic carbocycles. The first-order chi connectivity index (χ1) is 11.5. The second kappa shape index (κ2) is 7.75. The number of rotatable bonds is 5. The molecule has 0 bridgehead atoms. The van der Waals surface area contributed by atoms with Gasteiger partial charge in [-0.1, -0.05) is 12.2 Å². The smallest absolute Gasteiger partial charge is 0.262 e. The second-order valence-corrected chi connectivity index (χ2v) is 7.21. The predicted molar refractivity (Wildman–Crippen MR) is 84.9 cm³/mol. The van der Waals surface area contributed by atoms with Gasteiger partial charge in [0, 0.05) is 19.1 Å². The molecule has 8 nitrogen and oxygen atoms in total. The van der Waals surface area contributed by atoms with Gasteiger partial charge >= 0.3 is 0 Å². The monoisotopic (exact) mass is 356 g/mol. The zero-order valence-electron chi connectivity index (χ0n) is 13.1. The number of aliphatic hydroxyl groups is 1. The Labute approximate surface area is 140 Å². The summed E-state index contributed by atoms with van der Waals surface area (Å²) in [4.78, 5) is 12.0. The number of benzene rings is 1. The number of hydrogen-bond donors (Lipinski definition) is 3. The number of methoxy groups -OCH3 is 1. The first kappa shape index (κ1) is 18.4. The van der Waals surface area contributed by atoms with Crippen LogP contribution in [0, 0.1) is 5.92 Å². The summed E-state index contributed by atoms with van der Waals surface area (Å²) in [7, 11) is -2.55. The highest BCUT2D eigenvalue weighted by Gasteiger charge is 2.40. The molecular formula is C15H20N2O6S. The number of carbonyl (C=O) groups is 1. The van der Waals surface area contributed by atoms with E-state index < -0.39 is 34.5 Å². The van der Waals surface area contributed by atoms with Crippen LogP contribution < -0.4 is 10.2 Å². The molecule has 1 aromatic carbocycles. The lowest BCUT2D eigenvalue weighted by Gasteiger charge is -2.31. The minimum Gasteiger partial charge on any atom is -0.497 e. The van der Waals surface area contributed by atoms with Crippen molar-refractivity contribution < 1.29 is 28.3 Å². The molecule has 1 aromatic rings. The first-order valence-corrected chi connectivity index (χ1v) is 8.75. The Morgan fingerprint density at radius 1 is 1.33 bits per heavy atom. The summed E-state index contributed by atoms with van der Waals surface area (Å²) in [6, 6.07) is 4.55. The molecule has 1 aliphatic rings. The molecule has 0 spiro atoms. The molecule has 24 heavy (non-hydrogen) atoms. The summed E-state index contributed by atoms with van der Waals surface area (Å²) < 4.78 is 31.9. The molecule has 1 aliphatic heterocycles. The van der Waals surface area contributed by atoms with Crippen molar-refractivity contribution in [1.29, 1.82) is 0 Å². The fraction of sp³-hybridized carbons (Fsp3) is 0.400. The van der Waals surface area contributed by atoms with E-state index >= 15 is 0 Å². The van der Waals surface area contributed by atoms with Gasteiger partial charge in [-0.25, -0.2) is 13.9 Å². The Hall–Kier alpha value is -1.94. The summed E-state index contributed by atoms with van der Waals surface area (Å²) in [6.07, 6.45) is 3.65. The Kier molecular flexibility index (Phi) is 5.94.